The van der Waals surface area contributed by atoms with Crippen molar-refractivity contribution >= 4 is 56.6 Å². The van der Waals surface area contributed by atoms with Crippen molar-refractivity contribution in [1.82, 2.24) is 0 Å². The summed E-state index contributed by atoms with van der Waals surface area (Å²) in [5, 5.41) is 2.85. The van der Waals surface area contributed by atoms with Gasteiger partial charge in [-0.3, -0.25) is 0 Å². The molecule has 0 amide bonds. The number of hydrogen-bond donors (Lipinski definition) is 0. The van der Waals surface area contributed by atoms with Crippen LogP contribution < -0.4 is 10.9 Å². The van der Waals surface area contributed by atoms with E-state index in [-0.39, 0.29) is 0 Å². The Bertz CT molecular complexity index is 1620. The van der Waals surface area contributed by atoms with E-state index in [9.17, 15) is 0 Å². The van der Waals surface area contributed by atoms with Gasteiger partial charge in [-0.25, -0.2) is 0 Å². The first-order valence-electron chi connectivity index (χ1n) is 27.9. The van der Waals surface area contributed by atoms with Crippen molar-refractivity contribution in [3.8, 4) is 0 Å². The Morgan fingerprint density at radius 2 is 0.800 bits per heavy atom. The van der Waals surface area contributed by atoms with E-state index in [0.29, 0.717) is 0 Å². The molecule has 5 heteroatoms. The Balaban J connectivity index is 0.000000436. The molecule has 0 unspecified atom stereocenters. The molecule has 0 aliphatic heterocycles. The van der Waals surface area contributed by atoms with Crippen molar-refractivity contribution in [1.29, 1.82) is 0 Å². The van der Waals surface area contributed by atoms with Crippen molar-refractivity contribution in [2.75, 3.05) is 0 Å². The standard InChI is InChI=1S/C18H25B.C15H25B.C14H23B.C13H29BSi/c1-3-5-14-19(15-6-4-2)18-13-9-11-16-10-7-8-12-17(16)18;1-3-5-12-16(13-6-4-2)14-15-10-8-7-9-11-15;1-3-5-12-15(13-6-4-2)14-10-8-7-9-11-14;1-6-8-10-14(11-9-7-2)12-13-15(3,4)5/h7-13H,3-6,14-15H2,1-2H3;7-11H,3-6,12-14H2,1-2H3;7-11H,3-6,12-13H2,1-2H3;12-13H,6-11H2,1-5H3. The van der Waals surface area contributed by atoms with E-state index in [1.165, 1.54) is 176 Å². The SMILES string of the molecule is CCCCB(C=C[Si](C)(C)C)CCCC.CCCCB(CCCC)Cc1ccccc1.CCCCB(CCCC)c1cccc2ccccc12.CCCCB(CCCC)c1ccccc1. The highest BCUT2D eigenvalue weighted by atomic mass is 28.3. The first kappa shape index (κ1) is 60.4. The van der Waals surface area contributed by atoms with Crippen LogP contribution in [0.1, 0.15) is 164 Å². The number of unbranched alkanes of at least 4 members (excludes halogenated alkanes) is 8. The van der Waals surface area contributed by atoms with E-state index < -0.39 is 8.07 Å². The third-order valence-electron chi connectivity index (χ3n) is 13.2. The van der Waals surface area contributed by atoms with Crippen LogP contribution in [0.15, 0.2) is 115 Å². The Morgan fingerprint density at radius 3 is 1.28 bits per heavy atom. The molecule has 65 heavy (non-hydrogen) atoms. The van der Waals surface area contributed by atoms with Crippen LogP contribution in [0.2, 0.25) is 70.2 Å². The largest absolute Gasteiger partial charge is 0.176 e. The Kier molecular flexibility index (Phi) is 37.5. The number of fused-ring (bicyclic) bond motifs is 1. The zero-order valence-corrected chi connectivity index (χ0v) is 46.0. The maximum atomic E-state index is 2.53. The summed E-state index contributed by atoms with van der Waals surface area (Å²) < 4.78 is 0. The molecule has 0 heterocycles. The van der Waals surface area contributed by atoms with Gasteiger partial charge in [-0.1, -0.05) is 348 Å². The van der Waals surface area contributed by atoms with E-state index in [1.54, 1.807) is 10.9 Å². The predicted octanol–water partition coefficient (Wildman–Crippen LogP) is 19.0. The van der Waals surface area contributed by atoms with Crippen molar-refractivity contribution in [2.45, 2.75) is 235 Å². The van der Waals surface area contributed by atoms with Crippen molar-refractivity contribution in [3.63, 3.8) is 0 Å². The molecule has 0 spiro atoms. The molecule has 0 radical (unpaired) electrons. The lowest BCUT2D eigenvalue weighted by Gasteiger charge is -2.16. The lowest BCUT2D eigenvalue weighted by molar-refractivity contribution is 0.836. The molecule has 0 aliphatic carbocycles. The van der Waals surface area contributed by atoms with E-state index in [0.717, 1.165) is 26.9 Å². The summed E-state index contributed by atoms with van der Waals surface area (Å²) in [6, 6.07) is 37.6. The van der Waals surface area contributed by atoms with Gasteiger partial charge >= 0.3 is 0 Å². The Hall–Kier alpha value is -2.64. The summed E-state index contributed by atoms with van der Waals surface area (Å²) in [6.07, 6.45) is 33.8. The van der Waals surface area contributed by atoms with Gasteiger partial charge in [0.1, 0.15) is 6.71 Å². The third kappa shape index (κ3) is 30.4. The van der Waals surface area contributed by atoms with Gasteiger partial charge in [-0.15, -0.1) is 11.7 Å². The van der Waals surface area contributed by atoms with Crippen LogP contribution in [0, 0.1) is 0 Å². The Labute approximate surface area is 409 Å². The average molecular weight is 895 g/mol. The van der Waals surface area contributed by atoms with E-state index in [2.05, 4.69) is 190 Å². The molecule has 0 fully saturated rings. The second-order valence-corrected chi connectivity index (χ2v) is 25.6. The fraction of sp³-hybridized carbons (Fsp3) is 0.600. The fourth-order valence-electron chi connectivity index (χ4n) is 9.04. The van der Waals surface area contributed by atoms with Crippen molar-refractivity contribution in [3.05, 3.63) is 120 Å². The van der Waals surface area contributed by atoms with Gasteiger partial charge in [0.05, 0.1) is 8.07 Å². The highest BCUT2D eigenvalue weighted by molar-refractivity contribution is 6.82. The maximum Gasteiger partial charge on any atom is 0.176 e. The monoisotopic (exact) mass is 895 g/mol. The second-order valence-electron chi connectivity index (χ2n) is 20.6. The number of rotatable bonds is 30. The minimum atomic E-state index is -0.979. The van der Waals surface area contributed by atoms with Gasteiger partial charge in [0.15, 0.2) is 20.1 Å². The highest BCUT2D eigenvalue weighted by Gasteiger charge is 2.18. The molecule has 0 bridgehead atoms. The minimum Gasteiger partial charge on any atom is -0.123 e. The van der Waals surface area contributed by atoms with Gasteiger partial charge in [0.2, 0.25) is 0 Å². The molecule has 4 aromatic carbocycles. The average Bonchev–Trinajstić information content (AvgIpc) is 3.33. The molecule has 4 rings (SSSR count). The summed E-state index contributed by atoms with van der Waals surface area (Å²) in [7, 11) is -0.979. The topological polar surface area (TPSA) is 0 Å². The Morgan fingerprint density at radius 1 is 0.400 bits per heavy atom. The lowest BCUT2D eigenvalue weighted by atomic mass is 9.39. The molecule has 0 aromatic heterocycles. The maximum absolute atomic E-state index is 2.53. The van der Waals surface area contributed by atoms with E-state index >= 15 is 0 Å². The fourth-order valence-corrected chi connectivity index (χ4v) is 9.89. The van der Waals surface area contributed by atoms with Crippen LogP contribution >= 0.6 is 0 Å². The van der Waals surface area contributed by atoms with Gasteiger partial charge < -0.3 is 0 Å². The summed E-state index contributed by atoms with van der Waals surface area (Å²) in [5.74, 6) is 2.53. The predicted molar refractivity (Wildman–Crippen MR) is 313 cm³/mol. The number of hydrogen-bond acceptors (Lipinski definition) is 0. The summed E-state index contributed by atoms with van der Waals surface area (Å²) in [4.78, 5) is 0. The van der Waals surface area contributed by atoms with Gasteiger partial charge in [-0.2, -0.15) is 0 Å². The van der Waals surface area contributed by atoms with Crippen LogP contribution in [0.4, 0.5) is 0 Å². The molecule has 0 saturated carbocycles. The van der Waals surface area contributed by atoms with Gasteiger partial charge in [0, 0.05) is 0 Å². The zero-order valence-electron chi connectivity index (χ0n) is 45.0. The van der Waals surface area contributed by atoms with Crippen LogP contribution in [-0.2, 0) is 6.32 Å². The van der Waals surface area contributed by atoms with E-state index in [4.69, 9.17) is 0 Å². The molecule has 0 nitrogen and oxygen atoms in total. The lowest BCUT2D eigenvalue weighted by Crippen LogP contribution is -2.30. The van der Waals surface area contributed by atoms with E-state index in [1.807, 2.05) is 0 Å². The van der Waals surface area contributed by atoms with Crippen LogP contribution in [0.3, 0.4) is 0 Å². The van der Waals surface area contributed by atoms with Crippen LogP contribution in [0.25, 0.3) is 10.8 Å². The smallest absolute Gasteiger partial charge is 0.123 e. The molecular weight excluding hydrogens is 792 g/mol. The van der Waals surface area contributed by atoms with Gasteiger partial charge in [-0.05, 0) is 17.1 Å². The summed E-state index contributed by atoms with van der Waals surface area (Å²) in [6.45, 7) is 28.9. The highest BCUT2D eigenvalue weighted by Crippen LogP contribution is 2.19. The molecular formula is C60H102B4Si. The molecule has 358 valence electrons. The van der Waals surface area contributed by atoms with Crippen molar-refractivity contribution in [2.24, 2.45) is 0 Å². The van der Waals surface area contributed by atoms with Crippen LogP contribution in [-0.4, -0.2) is 34.9 Å². The first-order valence-corrected chi connectivity index (χ1v) is 31.4. The molecule has 4 aromatic rings. The molecule has 0 saturated heterocycles. The van der Waals surface area contributed by atoms with Crippen LogP contribution in [0.5, 0.6) is 0 Å². The van der Waals surface area contributed by atoms with Crippen molar-refractivity contribution < 1.29 is 0 Å². The molecule has 0 aliphatic rings. The van der Waals surface area contributed by atoms with Gasteiger partial charge in [0.25, 0.3) is 0 Å². The quantitative estimate of drug-likeness (QED) is 0.0458. The third-order valence-corrected chi connectivity index (χ3v) is 14.4. The summed E-state index contributed by atoms with van der Waals surface area (Å²) >= 11 is 0. The molecule has 0 atom stereocenters. The zero-order chi connectivity index (χ0) is 47.8. The first-order chi connectivity index (χ1) is 31.6. The molecule has 0 N–H and O–H groups in total. The summed E-state index contributed by atoms with van der Waals surface area (Å²) in [5.41, 5.74) is 7.15. The number of benzene rings is 4. The normalized spacial score (nSPS) is 10.9. The second kappa shape index (κ2) is 40.4. The minimum absolute atomic E-state index is 0.742.